The minimum absolute atomic E-state index is 0.175. The molecule has 0 aliphatic rings. The van der Waals surface area contributed by atoms with E-state index in [4.69, 9.17) is 18.0 Å². The molecule has 1 amide bonds. The van der Waals surface area contributed by atoms with E-state index >= 15 is 0 Å². The first-order valence-corrected chi connectivity index (χ1v) is 7.25. The summed E-state index contributed by atoms with van der Waals surface area (Å²) in [5.41, 5.74) is 7.62. The average Bonchev–Trinajstić information content (AvgIpc) is 2.41. The third kappa shape index (κ3) is 3.65. The van der Waals surface area contributed by atoms with Gasteiger partial charge in [0.2, 0.25) is 0 Å². The van der Waals surface area contributed by atoms with E-state index in [0.29, 0.717) is 16.8 Å². The summed E-state index contributed by atoms with van der Waals surface area (Å²) in [7, 11) is 0. The maximum Gasteiger partial charge on any atom is 0.256 e. The van der Waals surface area contributed by atoms with Gasteiger partial charge < -0.3 is 11.1 Å². The van der Waals surface area contributed by atoms with Gasteiger partial charge in [-0.05, 0) is 42.8 Å². The number of carbonyl (C=O) groups is 1. The molecule has 6 heteroatoms. The molecule has 0 aromatic heterocycles. The Balaban J connectivity index is 2.38. The van der Waals surface area contributed by atoms with Crippen molar-refractivity contribution in [3.63, 3.8) is 0 Å². The highest BCUT2D eigenvalue weighted by Crippen LogP contribution is 2.23. The molecule has 0 radical (unpaired) electrons. The van der Waals surface area contributed by atoms with Crippen molar-refractivity contribution in [1.29, 1.82) is 0 Å². The van der Waals surface area contributed by atoms with Crippen molar-refractivity contribution < 1.29 is 9.18 Å². The number of aryl methyl sites for hydroxylation is 1. The van der Waals surface area contributed by atoms with Crippen molar-refractivity contribution in [3.8, 4) is 0 Å². The zero-order valence-electron chi connectivity index (χ0n) is 11.1. The van der Waals surface area contributed by atoms with Crippen LogP contribution in [0.4, 0.5) is 10.1 Å². The van der Waals surface area contributed by atoms with Crippen molar-refractivity contribution >= 4 is 44.7 Å². The number of carbonyl (C=O) groups excluding carboxylic acids is 1. The van der Waals surface area contributed by atoms with Crippen molar-refractivity contribution in [1.82, 2.24) is 0 Å². The first-order chi connectivity index (χ1) is 9.88. The molecule has 0 spiro atoms. The van der Waals surface area contributed by atoms with Crippen LogP contribution in [0.2, 0.25) is 0 Å². The zero-order valence-corrected chi connectivity index (χ0v) is 13.5. The van der Waals surface area contributed by atoms with Gasteiger partial charge in [0.15, 0.2) is 0 Å². The topological polar surface area (TPSA) is 55.1 Å². The number of nitrogens with one attached hydrogen (secondary N) is 1. The summed E-state index contributed by atoms with van der Waals surface area (Å²) in [6.45, 7) is 1.74. The van der Waals surface area contributed by atoms with E-state index < -0.39 is 11.7 Å². The van der Waals surface area contributed by atoms with E-state index in [1.165, 1.54) is 12.1 Å². The Labute approximate surface area is 135 Å². The highest BCUT2D eigenvalue weighted by Gasteiger charge is 2.13. The van der Waals surface area contributed by atoms with Gasteiger partial charge in [0.05, 0.1) is 5.69 Å². The molecule has 0 atom stereocenters. The van der Waals surface area contributed by atoms with Crippen LogP contribution in [0.1, 0.15) is 21.5 Å². The molecule has 2 rings (SSSR count). The molecule has 0 fully saturated rings. The summed E-state index contributed by atoms with van der Waals surface area (Å²) < 4.78 is 14.1. The van der Waals surface area contributed by atoms with Crippen molar-refractivity contribution in [2.45, 2.75) is 6.92 Å². The summed E-state index contributed by atoms with van der Waals surface area (Å²) in [6, 6.07) is 9.24. The van der Waals surface area contributed by atoms with Gasteiger partial charge in [-0.1, -0.05) is 34.2 Å². The first-order valence-electron chi connectivity index (χ1n) is 6.05. The smallest absolute Gasteiger partial charge is 0.256 e. The van der Waals surface area contributed by atoms with Crippen LogP contribution in [-0.4, -0.2) is 10.9 Å². The van der Waals surface area contributed by atoms with Gasteiger partial charge in [-0.25, -0.2) is 4.39 Å². The Hall–Kier alpha value is -1.79. The molecule has 3 nitrogen and oxygen atoms in total. The molecule has 3 N–H and O–H groups in total. The second-order valence-corrected chi connectivity index (χ2v) is 5.82. The monoisotopic (exact) mass is 366 g/mol. The van der Waals surface area contributed by atoms with Gasteiger partial charge >= 0.3 is 0 Å². The molecule has 2 aromatic rings. The summed E-state index contributed by atoms with van der Waals surface area (Å²) in [5.74, 6) is -0.878. The van der Waals surface area contributed by atoms with Gasteiger partial charge in [0.25, 0.3) is 5.91 Å². The van der Waals surface area contributed by atoms with E-state index in [2.05, 4.69) is 21.2 Å². The third-order valence-electron chi connectivity index (χ3n) is 2.94. The number of halogens is 2. The van der Waals surface area contributed by atoms with Crippen molar-refractivity contribution in [2.24, 2.45) is 5.73 Å². The van der Waals surface area contributed by atoms with Gasteiger partial charge in [-0.2, -0.15) is 0 Å². The maximum absolute atomic E-state index is 13.3. The molecular formula is C15H12BrFN2OS. The van der Waals surface area contributed by atoms with Gasteiger partial charge in [-0.15, -0.1) is 0 Å². The first kappa shape index (κ1) is 15.6. The minimum Gasteiger partial charge on any atom is -0.389 e. The normalized spacial score (nSPS) is 10.2. The van der Waals surface area contributed by atoms with Crippen LogP contribution in [0.25, 0.3) is 0 Å². The SMILES string of the molecule is Cc1ccc(F)cc1C(=O)Nc1cc(Br)ccc1C(N)=S. The van der Waals surface area contributed by atoms with Crippen molar-refractivity contribution in [3.05, 3.63) is 63.4 Å². The summed E-state index contributed by atoms with van der Waals surface area (Å²) in [6.07, 6.45) is 0. The van der Waals surface area contributed by atoms with Crippen LogP contribution in [0, 0.1) is 12.7 Å². The van der Waals surface area contributed by atoms with Gasteiger partial charge in [0.1, 0.15) is 10.8 Å². The molecular weight excluding hydrogens is 355 g/mol. The molecule has 21 heavy (non-hydrogen) atoms. The fraction of sp³-hybridized carbons (Fsp3) is 0.0667. The average molecular weight is 367 g/mol. The molecule has 2 aromatic carbocycles. The predicted molar refractivity (Wildman–Crippen MR) is 89.1 cm³/mol. The summed E-state index contributed by atoms with van der Waals surface area (Å²) in [4.78, 5) is 12.5. The number of amides is 1. The van der Waals surface area contributed by atoms with Gasteiger partial charge in [-0.3, -0.25) is 4.79 Å². The zero-order chi connectivity index (χ0) is 15.6. The third-order valence-corrected chi connectivity index (χ3v) is 3.65. The molecule has 108 valence electrons. The molecule has 0 saturated heterocycles. The standard InChI is InChI=1S/C15H12BrFN2OS/c1-8-2-4-10(17)7-12(8)15(20)19-13-6-9(16)3-5-11(13)14(18)21/h2-7H,1H3,(H2,18,21)(H,19,20). The van der Waals surface area contributed by atoms with E-state index in [-0.39, 0.29) is 10.6 Å². The fourth-order valence-electron chi connectivity index (χ4n) is 1.86. The summed E-state index contributed by atoms with van der Waals surface area (Å²) in [5, 5.41) is 2.71. The Kier molecular flexibility index (Phi) is 4.69. The highest BCUT2D eigenvalue weighted by atomic mass is 79.9. The molecule has 0 unspecified atom stereocenters. The quantitative estimate of drug-likeness (QED) is 0.812. The minimum atomic E-state index is -0.463. The Morgan fingerprint density at radius 2 is 1.95 bits per heavy atom. The Morgan fingerprint density at radius 3 is 2.62 bits per heavy atom. The van der Waals surface area contributed by atoms with Gasteiger partial charge in [0, 0.05) is 15.6 Å². The number of hydrogen-bond donors (Lipinski definition) is 2. The lowest BCUT2D eigenvalue weighted by molar-refractivity contribution is 0.102. The number of benzene rings is 2. The number of anilines is 1. The number of hydrogen-bond acceptors (Lipinski definition) is 2. The molecule has 0 bridgehead atoms. The van der Waals surface area contributed by atoms with Crippen LogP contribution < -0.4 is 11.1 Å². The maximum atomic E-state index is 13.3. The van der Waals surface area contributed by atoms with E-state index in [9.17, 15) is 9.18 Å². The molecule has 0 heterocycles. The lowest BCUT2D eigenvalue weighted by Crippen LogP contribution is -2.18. The number of thiocarbonyl (C=S) groups is 1. The van der Waals surface area contributed by atoms with Crippen molar-refractivity contribution in [2.75, 3.05) is 5.32 Å². The predicted octanol–water partition coefficient (Wildman–Crippen LogP) is 3.78. The second-order valence-electron chi connectivity index (χ2n) is 4.47. The van der Waals surface area contributed by atoms with E-state index in [1.54, 1.807) is 31.2 Å². The lowest BCUT2D eigenvalue weighted by Gasteiger charge is -2.12. The van der Waals surface area contributed by atoms with E-state index in [1.807, 2.05) is 0 Å². The Morgan fingerprint density at radius 1 is 1.24 bits per heavy atom. The van der Waals surface area contributed by atoms with Crippen LogP contribution in [0.3, 0.4) is 0 Å². The Bertz CT molecular complexity index is 734. The largest absolute Gasteiger partial charge is 0.389 e. The van der Waals surface area contributed by atoms with Crippen LogP contribution >= 0.6 is 28.1 Å². The molecule has 0 aliphatic heterocycles. The summed E-state index contributed by atoms with van der Waals surface area (Å²) >= 11 is 8.28. The highest BCUT2D eigenvalue weighted by molar-refractivity contribution is 9.10. The number of rotatable bonds is 3. The van der Waals surface area contributed by atoms with Crippen LogP contribution in [-0.2, 0) is 0 Å². The number of nitrogens with two attached hydrogens (primary N) is 1. The van der Waals surface area contributed by atoms with Crippen LogP contribution in [0.5, 0.6) is 0 Å². The molecule has 0 saturated carbocycles. The van der Waals surface area contributed by atoms with Crippen LogP contribution in [0.15, 0.2) is 40.9 Å². The second kappa shape index (κ2) is 6.32. The fourth-order valence-corrected chi connectivity index (χ4v) is 2.40. The lowest BCUT2D eigenvalue weighted by atomic mass is 10.1. The van der Waals surface area contributed by atoms with E-state index in [0.717, 1.165) is 4.47 Å². The molecule has 0 aliphatic carbocycles.